The van der Waals surface area contributed by atoms with Crippen LogP contribution in [0.25, 0.3) is 0 Å². The number of benzene rings is 2. The van der Waals surface area contributed by atoms with Gasteiger partial charge < -0.3 is 15.5 Å². The van der Waals surface area contributed by atoms with Gasteiger partial charge in [-0.15, -0.1) is 24.0 Å². The van der Waals surface area contributed by atoms with E-state index in [0.29, 0.717) is 32.0 Å². The number of halogens is 1. The predicted octanol–water partition coefficient (Wildman–Crippen LogP) is 3.07. The zero-order chi connectivity index (χ0) is 19.9. The molecule has 0 bridgehead atoms. The lowest BCUT2D eigenvalue weighted by molar-refractivity contribution is -0.384. The summed E-state index contributed by atoms with van der Waals surface area (Å²) in [5.74, 6) is 0.653. The number of amides is 1. The van der Waals surface area contributed by atoms with E-state index in [1.54, 1.807) is 17.0 Å². The van der Waals surface area contributed by atoms with E-state index in [9.17, 15) is 14.9 Å². The number of hydrogen-bond acceptors (Lipinski definition) is 4. The van der Waals surface area contributed by atoms with Crippen molar-refractivity contribution in [1.82, 2.24) is 10.6 Å². The second-order valence-electron chi connectivity index (χ2n) is 6.51. The number of nitro groups is 1. The normalized spacial score (nSPS) is 16.3. The third-order valence-electron chi connectivity index (χ3n) is 4.42. The summed E-state index contributed by atoms with van der Waals surface area (Å²) in [5.41, 5.74) is 1.68. The number of nitro benzene ring substituents is 1. The first kappa shape index (κ1) is 22.6. The average Bonchev–Trinajstić information content (AvgIpc) is 3.07. The second-order valence-corrected chi connectivity index (χ2v) is 6.51. The zero-order valence-electron chi connectivity index (χ0n) is 16.1. The highest BCUT2D eigenvalue weighted by Crippen LogP contribution is 2.21. The molecule has 3 rings (SSSR count). The van der Waals surface area contributed by atoms with Crippen LogP contribution in [0, 0.1) is 10.1 Å². The van der Waals surface area contributed by atoms with Gasteiger partial charge >= 0.3 is 0 Å². The van der Waals surface area contributed by atoms with E-state index in [4.69, 9.17) is 0 Å². The third-order valence-corrected chi connectivity index (χ3v) is 4.42. The standard InChI is InChI=1S/C20H23N5O3.HI/c1-2-21-20(22-13-15-7-6-10-18(11-15)25(27)28)23-16-12-19(26)24(14-16)17-8-4-3-5-9-17;/h3-11,16H,2,12-14H2,1H3,(H2,21,22,23);1H. The predicted molar refractivity (Wildman–Crippen MR) is 124 cm³/mol. The molecule has 1 aliphatic heterocycles. The fraction of sp³-hybridized carbons (Fsp3) is 0.300. The number of para-hydroxylation sites is 1. The van der Waals surface area contributed by atoms with Gasteiger partial charge in [0, 0.05) is 37.3 Å². The maximum absolute atomic E-state index is 12.4. The number of non-ortho nitro benzene ring substituents is 1. The zero-order valence-corrected chi connectivity index (χ0v) is 18.4. The van der Waals surface area contributed by atoms with Crippen LogP contribution in [0.3, 0.4) is 0 Å². The maximum atomic E-state index is 12.4. The number of carbonyl (C=O) groups excluding carboxylic acids is 1. The van der Waals surface area contributed by atoms with Crippen LogP contribution >= 0.6 is 24.0 Å². The Morgan fingerprint density at radius 3 is 2.69 bits per heavy atom. The lowest BCUT2D eigenvalue weighted by atomic mass is 10.2. The SMILES string of the molecule is CCNC(=NCc1cccc([N+](=O)[O-])c1)NC1CC(=O)N(c2ccccc2)C1.I. The van der Waals surface area contributed by atoms with Crippen LogP contribution in [-0.4, -0.2) is 35.9 Å². The van der Waals surface area contributed by atoms with Crippen molar-refractivity contribution in [3.63, 3.8) is 0 Å². The van der Waals surface area contributed by atoms with E-state index in [-0.39, 0.29) is 41.6 Å². The Balaban J connectivity index is 0.00000300. The Bertz CT molecular complexity index is 875. The summed E-state index contributed by atoms with van der Waals surface area (Å²) < 4.78 is 0. The van der Waals surface area contributed by atoms with Crippen LogP contribution in [0.4, 0.5) is 11.4 Å². The molecule has 29 heavy (non-hydrogen) atoms. The summed E-state index contributed by atoms with van der Waals surface area (Å²) in [4.78, 5) is 29.1. The molecule has 0 radical (unpaired) electrons. The van der Waals surface area contributed by atoms with Crippen LogP contribution in [-0.2, 0) is 11.3 Å². The molecule has 2 N–H and O–H groups in total. The second kappa shape index (κ2) is 10.7. The molecule has 0 aromatic heterocycles. The van der Waals surface area contributed by atoms with Gasteiger partial charge in [0.05, 0.1) is 17.5 Å². The van der Waals surface area contributed by atoms with Crippen molar-refractivity contribution in [2.45, 2.75) is 25.9 Å². The molecule has 9 heteroatoms. The number of guanidine groups is 1. The van der Waals surface area contributed by atoms with Crippen molar-refractivity contribution in [3.8, 4) is 0 Å². The molecule has 1 saturated heterocycles. The molecular formula is C20H24IN5O3. The Hall–Kier alpha value is -2.69. The van der Waals surface area contributed by atoms with Crippen molar-refractivity contribution in [2.24, 2.45) is 4.99 Å². The van der Waals surface area contributed by atoms with Crippen LogP contribution < -0.4 is 15.5 Å². The highest BCUT2D eigenvalue weighted by molar-refractivity contribution is 14.0. The minimum absolute atomic E-state index is 0. The van der Waals surface area contributed by atoms with Gasteiger partial charge in [-0.05, 0) is 24.6 Å². The number of anilines is 1. The minimum Gasteiger partial charge on any atom is -0.357 e. The van der Waals surface area contributed by atoms with Crippen LogP contribution in [0.2, 0.25) is 0 Å². The first-order valence-electron chi connectivity index (χ1n) is 9.20. The molecule has 1 amide bonds. The Labute approximate surface area is 186 Å². The number of hydrogen-bond donors (Lipinski definition) is 2. The summed E-state index contributed by atoms with van der Waals surface area (Å²) in [6.45, 7) is 3.49. The van der Waals surface area contributed by atoms with Crippen molar-refractivity contribution in [2.75, 3.05) is 18.0 Å². The lowest BCUT2D eigenvalue weighted by Gasteiger charge is -2.19. The number of rotatable bonds is 6. The molecule has 0 saturated carbocycles. The van der Waals surface area contributed by atoms with Crippen molar-refractivity contribution < 1.29 is 9.72 Å². The Kier molecular flexibility index (Phi) is 8.37. The van der Waals surface area contributed by atoms with Gasteiger partial charge in [-0.3, -0.25) is 14.9 Å². The van der Waals surface area contributed by atoms with Crippen molar-refractivity contribution in [3.05, 3.63) is 70.3 Å². The summed E-state index contributed by atoms with van der Waals surface area (Å²) in [6, 6.07) is 15.9. The largest absolute Gasteiger partial charge is 0.357 e. The van der Waals surface area contributed by atoms with Crippen molar-refractivity contribution in [1.29, 1.82) is 0 Å². The molecule has 0 spiro atoms. The van der Waals surface area contributed by atoms with E-state index in [1.165, 1.54) is 12.1 Å². The molecule has 1 atom stereocenters. The number of aliphatic imine (C=N–C) groups is 1. The summed E-state index contributed by atoms with van der Waals surface area (Å²) >= 11 is 0. The fourth-order valence-corrected chi connectivity index (χ4v) is 3.11. The fourth-order valence-electron chi connectivity index (χ4n) is 3.11. The minimum atomic E-state index is -0.418. The quantitative estimate of drug-likeness (QED) is 0.205. The summed E-state index contributed by atoms with van der Waals surface area (Å²) in [6.07, 6.45) is 0.385. The molecule has 1 heterocycles. The van der Waals surface area contributed by atoms with Crippen LogP contribution in [0.15, 0.2) is 59.6 Å². The van der Waals surface area contributed by atoms with E-state index < -0.39 is 4.92 Å². The third kappa shape index (κ3) is 6.14. The van der Waals surface area contributed by atoms with Gasteiger partial charge in [-0.2, -0.15) is 0 Å². The number of nitrogens with one attached hydrogen (secondary N) is 2. The van der Waals surface area contributed by atoms with Gasteiger partial charge in [-0.1, -0.05) is 30.3 Å². The van der Waals surface area contributed by atoms with Crippen LogP contribution in [0.5, 0.6) is 0 Å². The number of carbonyl (C=O) groups is 1. The average molecular weight is 509 g/mol. The van der Waals surface area contributed by atoms with E-state index >= 15 is 0 Å². The summed E-state index contributed by atoms with van der Waals surface area (Å²) in [5, 5.41) is 17.4. The molecule has 8 nitrogen and oxygen atoms in total. The molecular weight excluding hydrogens is 485 g/mol. The van der Waals surface area contributed by atoms with Crippen LogP contribution in [0.1, 0.15) is 18.9 Å². The highest BCUT2D eigenvalue weighted by atomic mass is 127. The molecule has 1 unspecified atom stereocenters. The van der Waals surface area contributed by atoms with Gasteiger partial charge in [-0.25, -0.2) is 4.99 Å². The maximum Gasteiger partial charge on any atom is 0.269 e. The first-order chi connectivity index (χ1) is 13.6. The molecule has 154 valence electrons. The van der Waals surface area contributed by atoms with E-state index in [2.05, 4.69) is 15.6 Å². The number of nitrogens with zero attached hydrogens (tertiary/aromatic N) is 3. The molecule has 1 aliphatic rings. The monoisotopic (exact) mass is 509 g/mol. The highest BCUT2D eigenvalue weighted by Gasteiger charge is 2.31. The topological polar surface area (TPSA) is 99.9 Å². The Morgan fingerprint density at radius 2 is 2.00 bits per heavy atom. The molecule has 1 fully saturated rings. The van der Waals surface area contributed by atoms with Gasteiger partial charge in [0.1, 0.15) is 0 Å². The molecule has 2 aromatic rings. The Morgan fingerprint density at radius 1 is 1.24 bits per heavy atom. The van der Waals surface area contributed by atoms with Crippen molar-refractivity contribution >= 4 is 47.2 Å². The lowest BCUT2D eigenvalue weighted by Crippen LogP contribution is -2.44. The smallest absolute Gasteiger partial charge is 0.269 e. The summed E-state index contributed by atoms with van der Waals surface area (Å²) in [7, 11) is 0. The van der Waals surface area contributed by atoms with Gasteiger partial charge in [0.2, 0.25) is 5.91 Å². The molecule has 0 aliphatic carbocycles. The molecule has 2 aromatic carbocycles. The van der Waals surface area contributed by atoms with E-state index in [1.807, 2.05) is 37.3 Å². The first-order valence-corrected chi connectivity index (χ1v) is 9.20. The van der Waals surface area contributed by atoms with Gasteiger partial charge in [0.15, 0.2) is 5.96 Å². The van der Waals surface area contributed by atoms with E-state index in [0.717, 1.165) is 11.3 Å². The van der Waals surface area contributed by atoms with Gasteiger partial charge in [0.25, 0.3) is 5.69 Å².